The van der Waals surface area contributed by atoms with Crippen molar-refractivity contribution in [3.8, 4) is 5.75 Å². The van der Waals surface area contributed by atoms with E-state index in [4.69, 9.17) is 4.74 Å². The van der Waals surface area contributed by atoms with E-state index in [0.29, 0.717) is 12.3 Å². The maximum atomic E-state index is 13.8. The molecule has 0 spiro atoms. The van der Waals surface area contributed by atoms with Crippen LogP contribution in [0.5, 0.6) is 5.75 Å². The van der Waals surface area contributed by atoms with Crippen molar-refractivity contribution < 1.29 is 9.13 Å². The Balaban J connectivity index is 2.00. The molecule has 1 aromatic rings. The summed E-state index contributed by atoms with van der Waals surface area (Å²) in [5, 5.41) is 3.38. The second-order valence-corrected chi connectivity index (χ2v) is 7.13. The minimum absolute atomic E-state index is 0.0224. The van der Waals surface area contributed by atoms with E-state index in [1.165, 1.54) is 31.7 Å². The highest BCUT2D eigenvalue weighted by molar-refractivity contribution is 5.30. The average Bonchev–Trinajstić information content (AvgIpc) is 2.64. The zero-order chi connectivity index (χ0) is 15.3. The Hall–Kier alpha value is -1.09. The fourth-order valence-corrected chi connectivity index (χ4v) is 2.71. The molecule has 1 aromatic carbocycles. The monoisotopic (exact) mass is 293 g/mol. The van der Waals surface area contributed by atoms with Gasteiger partial charge in [-0.15, -0.1) is 0 Å². The van der Waals surface area contributed by atoms with Crippen LogP contribution in [0.3, 0.4) is 0 Å². The number of ether oxygens (including phenoxy) is 1. The molecule has 0 amide bonds. The molecule has 0 atom stereocenters. The van der Waals surface area contributed by atoms with Gasteiger partial charge in [0, 0.05) is 18.2 Å². The summed E-state index contributed by atoms with van der Waals surface area (Å²) < 4.78 is 19.8. The van der Waals surface area contributed by atoms with Crippen molar-refractivity contribution in [2.24, 2.45) is 0 Å². The Labute approximate surface area is 128 Å². The molecule has 21 heavy (non-hydrogen) atoms. The van der Waals surface area contributed by atoms with Crippen molar-refractivity contribution in [3.05, 3.63) is 29.6 Å². The standard InChI is InChI=1S/C18H28FNO/c1-18(2,3)20-13-14-10-15(19)12-17(11-14)21-16-8-6-4-5-7-9-16/h10-12,16,20H,4-9,13H2,1-3H3. The van der Waals surface area contributed by atoms with Crippen LogP contribution in [0.25, 0.3) is 0 Å². The van der Waals surface area contributed by atoms with E-state index in [1.807, 2.05) is 6.07 Å². The van der Waals surface area contributed by atoms with Gasteiger partial charge in [-0.3, -0.25) is 0 Å². The molecule has 0 radical (unpaired) electrons. The van der Waals surface area contributed by atoms with Crippen molar-refractivity contribution in [1.29, 1.82) is 0 Å². The minimum atomic E-state index is -0.216. The van der Waals surface area contributed by atoms with Gasteiger partial charge in [0.05, 0.1) is 6.10 Å². The fourth-order valence-electron chi connectivity index (χ4n) is 2.71. The molecule has 0 aromatic heterocycles. The zero-order valence-electron chi connectivity index (χ0n) is 13.5. The number of rotatable bonds is 4. The molecular formula is C18H28FNO. The highest BCUT2D eigenvalue weighted by Gasteiger charge is 2.15. The molecule has 118 valence electrons. The Morgan fingerprint density at radius 2 is 1.76 bits per heavy atom. The summed E-state index contributed by atoms with van der Waals surface area (Å²) in [6.45, 7) is 6.97. The first-order chi connectivity index (χ1) is 9.92. The first-order valence-electron chi connectivity index (χ1n) is 8.13. The largest absolute Gasteiger partial charge is 0.490 e. The second kappa shape index (κ2) is 7.26. The fraction of sp³-hybridized carbons (Fsp3) is 0.667. The molecule has 3 heteroatoms. The summed E-state index contributed by atoms with van der Waals surface area (Å²) in [4.78, 5) is 0. The Bertz CT molecular complexity index is 445. The van der Waals surface area contributed by atoms with Crippen LogP contribution < -0.4 is 10.1 Å². The maximum Gasteiger partial charge on any atom is 0.127 e. The molecule has 0 aliphatic heterocycles. The maximum absolute atomic E-state index is 13.8. The van der Waals surface area contributed by atoms with E-state index >= 15 is 0 Å². The third-order valence-corrected chi connectivity index (χ3v) is 3.86. The van der Waals surface area contributed by atoms with Crippen LogP contribution in [0.4, 0.5) is 4.39 Å². The molecule has 1 aliphatic rings. The van der Waals surface area contributed by atoms with Crippen LogP contribution in [0.15, 0.2) is 18.2 Å². The van der Waals surface area contributed by atoms with Crippen LogP contribution in [0, 0.1) is 5.82 Å². The normalized spacial score (nSPS) is 17.5. The third-order valence-electron chi connectivity index (χ3n) is 3.86. The van der Waals surface area contributed by atoms with Crippen molar-refractivity contribution in [3.63, 3.8) is 0 Å². The summed E-state index contributed by atoms with van der Waals surface area (Å²) >= 11 is 0. The smallest absolute Gasteiger partial charge is 0.127 e. The van der Waals surface area contributed by atoms with Crippen molar-refractivity contribution in [1.82, 2.24) is 5.32 Å². The lowest BCUT2D eigenvalue weighted by Crippen LogP contribution is -2.35. The minimum Gasteiger partial charge on any atom is -0.490 e. The number of hydrogen-bond acceptors (Lipinski definition) is 2. The van der Waals surface area contributed by atoms with Crippen LogP contribution in [-0.4, -0.2) is 11.6 Å². The first kappa shape index (κ1) is 16.3. The molecule has 0 unspecified atom stereocenters. The third kappa shape index (κ3) is 6.04. The topological polar surface area (TPSA) is 21.3 Å². The molecule has 1 saturated carbocycles. The molecule has 2 rings (SSSR count). The first-order valence-corrected chi connectivity index (χ1v) is 8.13. The van der Waals surface area contributed by atoms with Gasteiger partial charge in [0.1, 0.15) is 11.6 Å². The summed E-state index contributed by atoms with van der Waals surface area (Å²) in [6, 6.07) is 5.05. The van der Waals surface area contributed by atoms with Gasteiger partial charge in [-0.2, -0.15) is 0 Å². The molecule has 0 bridgehead atoms. The molecule has 2 nitrogen and oxygen atoms in total. The Morgan fingerprint density at radius 1 is 1.10 bits per heavy atom. The van der Waals surface area contributed by atoms with Gasteiger partial charge in [0.2, 0.25) is 0 Å². The van der Waals surface area contributed by atoms with Gasteiger partial charge in [-0.05, 0) is 64.2 Å². The second-order valence-electron chi connectivity index (χ2n) is 7.13. The average molecular weight is 293 g/mol. The predicted octanol–water partition coefficient (Wildman–Crippen LogP) is 4.82. The lowest BCUT2D eigenvalue weighted by molar-refractivity contribution is 0.183. The molecule has 1 fully saturated rings. The van der Waals surface area contributed by atoms with Crippen LogP contribution in [0.2, 0.25) is 0 Å². The van der Waals surface area contributed by atoms with Gasteiger partial charge in [0.15, 0.2) is 0 Å². The molecule has 0 saturated heterocycles. The lowest BCUT2D eigenvalue weighted by atomic mass is 10.1. The molecule has 1 N–H and O–H groups in total. The highest BCUT2D eigenvalue weighted by Crippen LogP contribution is 2.24. The van der Waals surface area contributed by atoms with E-state index in [1.54, 1.807) is 6.07 Å². The van der Waals surface area contributed by atoms with E-state index < -0.39 is 0 Å². The Morgan fingerprint density at radius 3 is 2.38 bits per heavy atom. The SMILES string of the molecule is CC(C)(C)NCc1cc(F)cc(OC2CCCCCC2)c1. The summed E-state index contributed by atoms with van der Waals surface area (Å²) in [5.41, 5.74) is 0.961. The molecular weight excluding hydrogens is 265 g/mol. The van der Waals surface area contributed by atoms with Gasteiger partial charge in [-0.1, -0.05) is 12.8 Å². The van der Waals surface area contributed by atoms with Gasteiger partial charge < -0.3 is 10.1 Å². The van der Waals surface area contributed by atoms with Crippen molar-refractivity contribution in [2.45, 2.75) is 77.5 Å². The highest BCUT2D eigenvalue weighted by atomic mass is 19.1. The quantitative estimate of drug-likeness (QED) is 0.804. The van der Waals surface area contributed by atoms with E-state index in [9.17, 15) is 4.39 Å². The number of hydrogen-bond donors (Lipinski definition) is 1. The molecule has 0 heterocycles. The number of benzene rings is 1. The number of halogens is 1. The van der Waals surface area contributed by atoms with Gasteiger partial charge in [-0.25, -0.2) is 4.39 Å². The number of nitrogens with one attached hydrogen (secondary N) is 1. The van der Waals surface area contributed by atoms with Crippen LogP contribution >= 0.6 is 0 Å². The van der Waals surface area contributed by atoms with Crippen LogP contribution in [-0.2, 0) is 6.54 Å². The van der Waals surface area contributed by atoms with E-state index in [-0.39, 0.29) is 17.5 Å². The zero-order valence-corrected chi connectivity index (χ0v) is 13.5. The molecule has 1 aliphatic carbocycles. The van der Waals surface area contributed by atoms with E-state index in [0.717, 1.165) is 18.4 Å². The van der Waals surface area contributed by atoms with Gasteiger partial charge in [0.25, 0.3) is 0 Å². The van der Waals surface area contributed by atoms with Crippen molar-refractivity contribution >= 4 is 0 Å². The van der Waals surface area contributed by atoms with Gasteiger partial charge >= 0.3 is 0 Å². The Kier molecular flexibility index (Phi) is 5.63. The van der Waals surface area contributed by atoms with Crippen molar-refractivity contribution in [2.75, 3.05) is 0 Å². The summed E-state index contributed by atoms with van der Waals surface area (Å²) in [5.74, 6) is 0.458. The van der Waals surface area contributed by atoms with Crippen LogP contribution in [0.1, 0.15) is 64.9 Å². The summed E-state index contributed by atoms with van der Waals surface area (Å²) in [7, 11) is 0. The lowest BCUT2D eigenvalue weighted by Gasteiger charge is -2.21. The predicted molar refractivity (Wildman–Crippen MR) is 85.1 cm³/mol. The van der Waals surface area contributed by atoms with E-state index in [2.05, 4.69) is 26.1 Å². The summed E-state index contributed by atoms with van der Waals surface area (Å²) in [6.07, 6.45) is 7.46.